The quantitative estimate of drug-likeness (QED) is 0.691. The molecule has 0 aromatic heterocycles. The van der Waals surface area contributed by atoms with Gasteiger partial charge in [0.05, 0.1) is 12.0 Å². The summed E-state index contributed by atoms with van der Waals surface area (Å²) in [6.07, 6.45) is 0. The van der Waals surface area contributed by atoms with Gasteiger partial charge < -0.3 is 10.1 Å². The van der Waals surface area contributed by atoms with E-state index in [2.05, 4.69) is 5.32 Å². The van der Waals surface area contributed by atoms with E-state index < -0.39 is 10.8 Å². The van der Waals surface area contributed by atoms with Crippen LogP contribution in [0.15, 0.2) is 42.5 Å². The highest BCUT2D eigenvalue weighted by molar-refractivity contribution is 6.04. The van der Waals surface area contributed by atoms with Crippen LogP contribution in [0.4, 0.5) is 11.4 Å². The van der Waals surface area contributed by atoms with Gasteiger partial charge >= 0.3 is 5.69 Å². The molecule has 0 saturated carbocycles. The van der Waals surface area contributed by atoms with E-state index in [-0.39, 0.29) is 17.0 Å². The molecule has 0 heterocycles. The van der Waals surface area contributed by atoms with E-state index >= 15 is 0 Å². The molecule has 0 aliphatic heterocycles. The minimum Gasteiger partial charge on any atom is -0.490 e. The van der Waals surface area contributed by atoms with E-state index in [1.807, 2.05) is 19.1 Å². The number of hydrogen-bond donors (Lipinski definition) is 1. The second-order valence-electron chi connectivity index (χ2n) is 4.46. The maximum atomic E-state index is 12.1. The largest absolute Gasteiger partial charge is 0.490 e. The molecule has 6 heteroatoms. The molecule has 0 unspecified atom stereocenters. The van der Waals surface area contributed by atoms with Gasteiger partial charge in [-0.25, -0.2) is 0 Å². The Labute approximate surface area is 121 Å². The van der Waals surface area contributed by atoms with Crippen LogP contribution in [0.2, 0.25) is 0 Å². The van der Waals surface area contributed by atoms with Gasteiger partial charge in [-0.1, -0.05) is 17.7 Å². The summed E-state index contributed by atoms with van der Waals surface area (Å²) < 4.78 is 4.90. The Hall–Kier alpha value is -2.89. The smallest absolute Gasteiger partial charge is 0.311 e. The van der Waals surface area contributed by atoms with Crippen molar-refractivity contribution in [1.29, 1.82) is 0 Å². The number of nitro groups is 1. The van der Waals surface area contributed by atoms with Crippen LogP contribution in [0.3, 0.4) is 0 Å². The van der Waals surface area contributed by atoms with E-state index in [1.165, 1.54) is 25.3 Å². The van der Waals surface area contributed by atoms with E-state index in [4.69, 9.17) is 4.74 Å². The molecule has 2 aromatic rings. The van der Waals surface area contributed by atoms with Crippen LogP contribution in [0.25, 0.3) is 0 Å². The molecule has 0 saturated heterocycles. The maximum absolute atomic E-state index is 12.1. The molecular formula is C15H14N2O4. The lowest BCUT2D eigenvalue weighted by Gasteiger charge is -2.07. The Kier molecular flexibility index (Phi) is 4.18. The molecule has 2 rings (SSSR count). The number of anilines is 1. The predicted molar refractivity (Wildman–Crippen MR) is 78.8 cm³/mol. The summed E-state index contributed by atoms with van der Waals surface area (Å²) in [6, 6.07) is 11.4. The van der Waals surface area contributed by atoms with Gasteiger partial charge in [0, 0.05) is 17.3 Å². The molecule has 21 heavy (non-hydrogen) atoms. The van der Waals surface area contributed by atoms with Crippen molar-refractivity contribution >= 4 is 17.3 Å². The Morgan fingerprint density at radius 3 is 2.43 bits per heavy atom. The number of nitrogens with zero attached hydrogens (tertiary/aromatic N) is 1. The molecule has 6 nitrogen and oxygen atoms in total. The van der Waals surface area contributed by atoms with Crippen LogP contribution in [0, 0.1) is 17.0 Å². The summed E-state index contributed by atoms with van der Waals surface area (Å²) in [6.45, 7) is 1.94. The summed E-state index contributed by atoms with van der Waals surface area (Å²) >= 11 is 0. The highest BCUT2D eigenvalue weighted by Crippen LogP contribution is 2.27. The third-order valence-corrected chi connectivity index (χ3v) is 2.95. The third-order valence-electron chi connectivity index (χ3n) is 2.95. The molecule has 0 aliphatic rings. The monoisotopic (exact) mass is 286 g/mol. The molecule has 108 valence electrons. The van der Waals surface area contributed by atoms with Crippen LogP contribution in [0.5, 0.6) is 5.75 Å². The first-order valence-corrected chi connectivity index (χ1v) is 6.21. The van der Waals surface area contributed by atoms with Crippen LogP contribution in [0.1, 0.15) is 15.9 Å². The fourth-order valence-electron chi connectivity index (χ4n) is 1.81. The van der Waals surface area contributed by atoms with Crippen molar-refractivity contribution in [3.05, 3.63) is 63.7 Å². The predicted octanol–water partition coefficient (Wildman–Crippen LogP) is 3.16. The van der Waals surface area contributed by atoms with Gasteiger partial charge in [-0.3, -0.25) is 14.9 Å². The highest BCUT2D eigenvalue weighted by atomic mass is 16.6. The first kappa shape index (κ1) is 14.5. The van der Waals surface area contributed by atoms with Gasteiger partial charge in [0.25, 0.3) is 5.91 Å². The Balaban J connectivity index is 2.25. The number of aryl methyl sites for hydroxylation is 1. The number of carbonyl (C=O) groups is 1. The first-order valence-electron chi connectivity index (χ1n) is 6.21. The number of nitrogens with one attached hydrogen (secondary N) is 1. The maximum Gasteiger partial charge on any atom is 0.311 e. The summed E-state index contributed by atoms with van der Waals surface area (Å²) in [7, 11) is 1.34. The zero-order chi connectivity index (χ0) is 15.4. The molecule has 2 aromatic carbocycles. The third kappa shape index (κ3) is 3.36. The van der Waals surface area contributed by atoms with E-state index in [0.29, 0.717) is 5.69 Å². The van der Waals surface area contributed by atoms with Crippen molar-refractivity contribution < 1.29 is 14.5 Å². The Morgan fingerprint density at radius 1 is 1.19 bits per heavy atom. The first-order chi connectivity index (χ1) is 10.0. The number of ether oxygens (including phenoxy) is 1. The summed E-state index contributed by atoms with van der Waals surface area (Å²) in [5.74, 6) is -0.295. The van der Waals surface area contributed by atoms with Crippen molar-refractivity contribution in [3.63, 3.8) is 0 Å². The molecule has 0 atom stereocenters. The normalized spacial score (nSPS) is 10.0. The van der Waals surface area contributed by atoms with Crippen molar-refractivity contribution in [2.45, 2.75) is 6.92 Å². The molecule has 0 spiro atoms. The SMILES string of the molecule is COc1ccc(C(=O)Nc2ccc(C)cc2)cc1[N+](=O)[O-]. The molecule has 0 fully saturated rings. The Bertz CT molecular complexity index is 681. The number of amides is 1. The fraction of sp³-hybridized carbons (Fsp3) is 0.133. The molecule has 1 N–H and O–H groups in total. The standard InChI is InChI=1S/C15H14N2O4/c1-10-3-6-12(7-4-10)16-15(18)11-5-8-14(21-2)13(9-11)17(19)20/h3-9H,1-2H3,(H,16,18). The number of nitro benzene ring substituents is 1. The van der Waals surface area contributed by atoms with Gasteiger partial charge in [-0.2, -0.15) is 0 Å². The molecular weight excluding hydrogens is 272 g/mol. The highest BCUT2D eigenvalue weighted by Gasteiger charge is 2.18. The average Bonchev–Trinajstić information content (AvgIpc) is 2.48. The number of hydrogen-bond acceptors (Lipinski definition) is 4. The van der Waals surface area contributed by atoms with Gasteiger partial charge in [0.2, 0.25) is 0 Å². The zero-order valence-electron chi connectivity index (χ0n) is 11.6. The van der Waals surface area contributed by atoms with Gasteiger partial charge in [0.1, 0.15) is 0 Å². The van der Waals surface area contributed by atoms with E-state index in [9.17, 15) is 14.9 Å². The molecule has 0 aliphatic carbocycles. The summed E-state index contributed by atoms with van der Waals surface area (Å²) in [4.78, 5) is 22.5. The van der Waals surface area contributed by atoms with E-state index in [1.54, 1.807) is 12.1 Å². The molecule has 1 amide bonds. The lowest BCUT2D eigenvalue weighted by atomic mass is 10.1. The minimum absolute atomic E-state index is 0.117. The molecule has 0 radical (unpaired) electrons. The van der Waals surface area contributed by atoms with Crippen molar-refractivity contribution in [2.24, 2.45) is 0 Å². The number of rotatable bonds is 4. The van der Waals surface area contributed by atoms with Crippen molar-refractivity contribution in [2.75, 3.05) is 12.4 Å². The number of benzene rings is 2. The molecule has 0 bridgehead atoms. The van der Waals surface area contributed by atoms with Crippen LogP contribution in [-0.2, 0) is 0 Å². The number of carbonyl (C=O) groups excluding carboxylic acids is 1. The summed E-state index contributed by atoms with van der Waals surface area (Å²) in [5.41, 5.74) is 1.66. The number of methoxy groups -OCH3 is 1. The lowest BCUT2D eigenvalue weighted by Crippen LogP contribution is -2.12. The zero-order valence-corrected chi connectivity index (χ0v) is 11.6. The second-order valence-corrected chi connectivity index (χ2v) is 4.46. The Morgan fingerprint density at radius 2 is 1.86 bits per heavy atom. The topological polar surface area (TPSA) is 81.5 Å². The van der Waals surface area contributed by atoms with Gasteiger partial charge in [0.15, 0.2) is 5.75 Å². The van der Waals surface area contributed by atoms with E-state index in [0.717, 1.165) is 5.56 Å². The van der Waals surface area contributed by atoms with Gasteiger partial charge in [-0.05, 0) is 31.2 Å². The lowest BCUT2D eigenvalue weighted by molar-refractivity contribution is -0.385. The van der Waals surface area contributed by atoms with Crippen molar-refractivity contribution in [3.8, 4) is 5.75 Å². The second kappa shape index (κ2) is 6.04. The van der Waals surface area contributed by atoms with Gasteiger partial charge in [-0.15, -0.1) is 0 Å². The van der Waals surface area contributed by atoms with Crippen LogP contribution in [-0.4, -0.2) is 17.9 Å². The minimum atomic E-state index is -0.582. The summed E-state index contributed by atoms with van der Waals surface area (Å²) in [5, 5.41) is 13.6. The van der Waals surface area contributed by atoms with Crippen molar-refractivity contribution in [1.82, 2.24) is 0 Å². The van der Waals surface area contributed by atoms with Crippen LogP contribution < -0.4 is 10.1 Å². The van der Waals surface area contributed by atoms with Crippen LogP contribution >= 0.6 is 0 Å². The average molecular weight is 286 g/mol. The fourth-order valence-corrected chi connectivity index (χ4v) is 1.81.